The quantitative estimate of drug-likeness (QED) is 0.501. The van der Waals surface area contributed by atoms with Crippen LogP contribution in [0.3, 0.4) is 0 Å². The second-order valence-corrected chi connectivity index (χ2v) is 6.69. The van der Waals surface area contributed by atoms with E-state index in [0.717, 1.165) is 37.6 Å². The van der Waals surface area contributed by atoms with Crippen molar-refractivity contribution in [3.8, 4) is 0 Å². The summed E-state index contributed by atoms with van der Waals surface area (Å²) in [5, 5.41) is 3.75. The van der Waals surface area contributed by atoms with E-state index in [1.54, 1.807) is 0 Å². The van der Waals surface area contributed by atoms with Gasteiger partial charge in [0.05, 0.1) is 0 Å². The predicted molar refractivity (Wildman–Crippen MR) is 81.4 cm³/mol. The van der Waals surface area contributed by atoms with Gasteiger partial charge in [-0.2, -0.15) is 0 Å². The number of hydrogen-bond donors (Lipinski definition) is 1. The highest BCUT2D eigenvalue weighted by Crippen LogP contribution is 2.29. The first-order valence-corrected chi connectivity index (χ1v) is 8.69. The van der Waals surface area contributed by atoms with Crippen LogP contribution in [0.25, 0.3) is 0 Å². The lowest BCUT2D eigenvalue weighted by Crippen LogP contribution is -2.30. The van der Waals surface area contributed by atoms with Gasteiger partial charge in [0.2, 0.25) is 0 Å². The molecule has 0 saturated heterocycles. The summed E-state index contributed by atoms with van der Waals surface area (Å²) in [4.78, 5) is 0. The molecule has 0 bridgehead atoms. The first-order valence-electron chi connectivity index (χ1n) is 8.69. The Morgan fingerprint density at radius 2 is 1.84 bits per heavy atom. The molecule has 2 aliphatic rings. The largest absolute Gasteiger partial charge is 0.381 e. The first kappa shape index (κ1) is 15.3. The van der Waals surface area contributed by atoms with Crippen molar-refractivity contribution in [1.82, 2.24) is 5.32 Å². The maximum Gasteiger partial charge on any atom is 0.0494 e. The Hall–Kier alpha value is -0.0800. The third-order valence-electron chi connectivity index (χ3n) is 4.73. The summed E-state index contributed by atoms with van der Waals surface area (Å²) in [6, 6.07) is 0.783. The van der Waals surface area contributed by atoms with E-state index in [-0.39, 0.29) is 0 Å². The van der Waals surface area contributed by atoms with E-state index in [9.17, 15) is 0 Å². The molecule has 0 aromatic heterocycles. The molecular formula is C17H33NO. The molecule has 0 aromatic rings. The van der Waals surface area contributed by atoms with Crippen LogP contribution in [0.4, 0.5) is 0 Å². The average Bonchev–Trinajstić information content (AvgIpc) is 3.22. The van der Waals surface area contributed by atoms with Gasteiger partial charge in [0, 0.05) is 19.3 Å². The molecule has 112 valence electrons. The lowest BCUT2D eigenvalue weighted by atomic mass is 9.95. The minimum atomic E-state index is 0.783. The molecule has 0 amide bonds. The molecule has 0 aromatic carbocycles. The third-order valence-corrected chi connectivity index (χ3v) is 4.73. The van der Waals surface area contributed by atoms with Gasteiger partial charge in [0.1, 0.15) is 0 Å². The van der Waals surface area contributed by atoms with Gasteiger partial charge < -0.3 is 10.1 Å². The molecule has 1 N–H and O–H groups in total. The maximum absolute atomic E-state index is 5.68. The Bertz CT molecular complexity index is 227. The molecule has 2 fully saturated rings. The zero-order chi connectivity index (χ0) is 13.3. The zero-order valence-corrected chi connectivity index (χ0v) is 12.8. The monoisotopic (exact) mass is 267 g/mol. The van der Waals surface area contributed by atoms with Crippen LogP contribution in [0, 0.1) is 11.8 Å². The van der Waals surface area contributed by atoms with Crippen molar-refractivity contribution in [2.75, 3.05) is 19.8 Å². The molecule has 2 heteroatoms. The minimum absolute atomic E-state index is 0.783. The van der Waals surface area contributed by atoms with Crippen molar-refractivity contribution in [2.24, 2.45) is 11.8 Å². The Kier molecular flexibility index (Phi) is 7.23. The first-order chi connectivity index (χ1) is 9.38. The Labute approximate surface area is 119 Å². The van der Waals surface area contributed by atoms with Gasteiger partial charge in [-0.1, -0.05) is 32.6 Å². The van der Waals surface area contributed by atoms with E-state index in [1.165, 1.54) is 64.2 Å². The second-order valence-electron chi connectivity index (χ2n) is 6.69. The van der Waals surface area contributed by atoms with E-state index in [4.69, 9.17) is 4.74 Å². The molecule has 2 saturated carbocycles. The van der Waals surface area contributed by atoms with Crippen LogP contribution in [-0.4, -0.2) is 25.8 Å². The minimum Gasteiger partial charge on any atom is -0.381 e. The molecule has 2 nitrogen and oxygen atoms in total. The average molecular weight is 267 g/mol. The van der Waals surface area contributed by atoms with Crippen LogP contribution in [0.1, 0.15) is 71.1 Å². The van der Waals surface area contributed by atoms with E-state index in [1.807, 2.05) is 0 Å². The summed E-state index contributed by atoms with van der Waals surface area (Å²) >= 11 is 0. The Balaban J connectivity index is 1.45. The Morgan fingerprint density at radius 3 is 2.63 bits per heavy atom. The van der Waals surface area contributed by atoms with E-state index >= 15 is 0 Å². The molecule has 0 aliphatic heterocycles. The number of hydrogen-bond acceptors (Lipinski definition) is 2. The zero-order valence-electron chi connectivity index (χ0n) is 12.8. The van der Waals surface area contributed by atoms with Gasteiger partial charge in [-0.3, -0.25) is 0 Å². The topological polar surface area (TPSA) is 21.3 Å². The fourth-order valence-corrected chi connectivity index (χ4v) is 3.29. The van der Waals surface area contributed by atoms with Crippen LogP contribution in [-0.2, 0) is 4.74 Å². The molecule has 0 radical (unpaired) electrons. The second kappa shape index (κ2) is 8.97. The van der Waals surface area contributed by atoms with Gasteiger partial charge >= 0.3 is 0 Å². The summed E-state index contributed by atoms with van der Waals surface area (Å²) in [6.45, 7) is 5.44. The summed E-state index contributed by atoms with van der Waals surface area (Å²) in [5.41, 5.74) is 0. The van der Waals surface area contributed by atoms with Crippen molar-refractivity contribution >= 4 is 0 Å². The molecule has 0 spiro atoms. The molecular weight excluding hydrogens is 234 g/mol. The molecule has 2 rings (SSSR count). The van der Waals surface area contributed by atoms with Crippen molar-refractivity contribution in [3.63, 3.8) is 0 Å². The summed E-state index contributed by atoms with van der Waals surface area (Å²) in [6.07, 6.45) is 13.9. The smallest absolute Gasteiger partial charge is 0.0494 e. The SMILES string of the molecule is CCCC1CCCC(NCCCOCC2CC2)CC1. The maximum atomic E-state index is 5.68. The molecule has 2 atom stereocenters. The summed E-state index contributed by atoms with van der Waals surface area (Å²) in [7, 11) is 0. The summed E-state index contributed by atoms with van der Waals surface area (Å²) in [5.74, 6) is 1.92. The Morgan fingerprint density at radius 1 is 1.00 bits per heavy atom. The predicted octanol–water partition coefficient (Wildman–Crippen LogP) is 4.14. The van der Waals surface area contributed by atoms with Gasteiger partial charge in [-0.25, -0.2) is 0 Å². The van der Waals surface area contributed by atoms with E-state index in [2.05, 4.69) is 12.2 Å². The van der Waals surface area contributed by atoms with Crippen molar-refractivity contribution < 1.29 is 4.74 Å². The van der Waals surface area contributed by atoms with Gasteiger partial charge in [-0.05, 0) is 56.9 Å². The highest BCUT2D eigenvalue weighted by Gasteiger charge is 2.21. The van der Waals surface area contributed by atoms with Gasteiger partial charge in [-0.15, -0.1) is 0 Å². The van der Waals surface area contributed by atoms with E-state index < -0.39 is 0 Å². The van der Waals surface area contributed by atoms with Crippen LogP contribution in [0.15, 0.2) is 0 Å². The fourth-order valence-electron chi connectivity index (χ4n) is 3.29. The van der Waals surface area contributed by atoms with Gasteiger partial charge in [0.15, 0.2) is 0 Å². The number of rotatable bonds is 9. The van der Waals surface area contributed by atoms with Crippen LogP contribution in [0.5, 0.6) is 0 Å². The standard InChI is InChI=1S/C17H33NO/c1-2-5-15-6-3-7-17(11-10-15)18-12-4-13-19-14-16-8-9-16/h15-18H,2-14H2,1H3. The molecule has 2 unspecified atom stereocenters. The van der Waals surface area contributed by atoms with Crippen LogP contribution >= 0.6 is 0 Å². The van der Waals surface area contributed by atoms with Crippen LogP contribution in [0.2, 0.25) is 0 Å². The summed E-state index contributed by atoms with van der Waals surface area (Å²) < 4.78 is 5.68. The molecule has 19 heavy (non-hydrogen) atoms. The lowest BCUT2D eigenvalue weighted by Gasteiger charge is -2.16. The molecule has 0 heterocycles. The highest BCUT2D eigenvalue weighted by atomic mass is 16.5. The van der Waals surface area contributed by atoms with E-state index in [0.29, 0.717) is 0 Å². The third kappa shape index (κ3) is 6.76. The van der Waals surface area contributed by atoms with Crippen molar-refractivity contribution in [1.29, 1.82) is 0 Å². The molecule has 2 aliphatic carbocycles. The van der Waals surface area contributed by atoms with Gasteiger partial charge in [0.25, 0.3) is 0 Å². The van der Waals surface area contributed by atoms with Crippen molar-refractivity contribution in [3.05, 3.63) is 0 Å². The van der Waals surface area contributed by atoms with Crippen molar-refractivity contribution in [2.45, 2.75) is 77.2 Å². The fraction of sp³-hybridized carbons (Fsp3) is 1.00. The highest BCUT2D eigenvalue weighted by molar-refractivity contribution is 4.75. The normalized spacial score (nSPS) is 28.3. The van der Waals surface area contributed by atoms with Crippen LogP contribution < -0.4 is 5.32 Å². The number of nitrogens with one attached hydrogen (secondary N) is 1. The number of ether oxygens (including phenoxy) is 1. The lowest BCUT2D eigenvalue weighted by molar-refractivity contribution is 0.121.